The molecule has 1 atom stereocenters. The fourth-order valence-corrected chi connectivity index (χ4v) is 4.11. The molecule has 2 aromatic rings. The van der Waals surface area contributed by atoms with Gasteiger partial charge in [0.15, 0.2) is 0 Å². The van der Waals surface area contributed by atoms with Gasteiger partial charge in [0.05, 0.1) is 18.2 Å². The minimum Gasteiger partial charge on any atom is -0.333 e. The lowest BCUT2D eigenvalue weighted by molar-refractivity contribution is -0.134. The lowest BCUT2D eigenvalue weighted by Gasteiger charge is -2.34. The van der Waals surface area contributed by atoms with Crippen molar-refractivity contribution in [1.82, 2.24) is 20.1 Å². The second-order valence-electron chi connectivity index (χ2n) is 7.18. The summed E-state index contributed by atoms with van der Waals surface area (Å²) in [4.78, 5) is 19.6. The van der Waals surface area contributed by atoms with Crippen LogP contribution in [-0.2, 0) is 16.6 Å². The third kappa shape index (κ3) is 3.63. The SMILES string of the molecule is CC(C)(C)c1csc(C2CCCCN2C(=O)Cc2ccn[nH]2)n1. The molecular weight excluding hydrogens is 308 g/mol. The quantitative estimate of drug-likeness (QED) is 0.936. The normalized spacial score (nSPS) is 19.1. The molecule has 124 valence electrons. The third-order valence-corrected chi connectivity index (χ3v) is 5.24. The first-order chi connectivity index (χ1) is 10.9. The molecule has 0 bridgehead atoms. The first-order valence-corrected chi connectivity index (χ1v) is 9.07. The molecule has 0 aromatic carbocycles. The Balaban J connectivity index is 1.78. The van der Waals surface area contributed by atoms with Gasteiger partial charge in [-0.05, 0) is 25.3 Å². The standard InChI is InChI=1S/C17H24N4OS/c1-17(2,3)14-11-23-16(19-14)13-6-4-5-9-21(13)15(22)10-12-7-8-18-20-12/h7-8,11,13H,4-6,9-10H2,1-3H3,(H,18,20). The number of piperidine rings is 1. The number of nitrogens with zero attached hydrogens (tertiary/aromatic N) is 3. The fourth-order valence-electron chi connectivity index (χ4n) is 2.92. The van der Waals surface area contributed by atoms with Crippen LogP contribution in [0.1, 0.15) is 62.5 Å². The number of carbonyl (C=O) groups is 1. The molecule has 1 N–H and O–H groups in total. The Bertz CT molecular complexity index is 656. The lowest BCUT2D eigenvalue weighted by Crippen LogP contribution is -2.39. The monoisotopic (exact) mass is 332 g/mol. The molecule has 1 aliphatic rings. The van der Waals surface area contributed by atoms with Crippen molar-refractivity contribution in [3.8, 4) is 0 Å². The van der Waals surface area contributed by atoms with Crippen LogP contribution in [0, 0.1) is 0 Å². The molecule has 3 heterocycles. The number of nitrogens with one attached hydrogen (secondary N) is 1. The number of carbonyl (C=O) groups excluding carboxylic acids is 1. The lowest BCUT2D eigenvalue weighted by atomic mass is 9.93. The van der Waals surface area contributed by atoms with Crippen molar-refractivity contribution in [1.29, 1.82) is 0 Å². The minimum atomic E-state index is 0.0498. The van der Waals surface area contributed by atoms with E-state index in [2.05, 4.69) is 36.3 Å². The van der Waals surface area contributed by atoms with Crippen molar-refractivity contribution >= 4 is 17.2 Å². The van der Waals surface area contributed by atoms with E-state index in [1.165, 1.54) is 0 Å². The summed E-state index contributed by atoms with van der Waals surface area (Å²) in [5, 5.41) is 10.0. The summed E-state index contributed by atoms with van der Waals surface area (Å²) in [5.41, 5.74) is 2.03. The number of aromatic nitrogens is 3. The summed E-state index contributed by atoms with van der Waals surface area (Å²) in [5.74, 6) is 0.159. The Morgan fingerprint density at radius 1 is 1.43 bits per heavy atom. The van der Waals surface area contributed by atoms with Gasteiger partial charge in [-0.3, -0.25) is 9.89 Å². The molecule has 0 spiro atoms. The Labute approximate surface area is 141 Å². The zero-order valence-corrected chi connectivity index (χ0v) is 14.8. The predicted molar refractivity (Wildman–Crippen MR) is 91.4 cm³/mol. The number of hydrogen-bond acceptors (Lipinski definition) is 4. The van der Waals surface area contributed by atoms with Crippen molar-refractivity contribution < 1.29 is 4.79 Å². The van der Waals surface area contributed by atoms with E-state index in [0.29, 0.717) is 6.42 Å². The molecule has 0 saturated carbocycles. The number of rotatable bonds is 3. The van der Waals surface area contributed by atoms with E-state index >= 15 is 0 Å². The molecule has 1 unspecified atom stereocenters. The maximum atomic E-state index is 12.7. The van der Waals surface area contributed by atoms with Crippen molar-refractivity contribution in [3.63, 3.8) is 0 Å². The highest BCUT2D eigenvalue weighted by Crippen LogP contribution is 2.35. The average Bonchev–Trinajstić information content (AvgIpc) is 3.18. The van der Waals surface area contributed by atoms with Gasteiger partial charge >= 0.3 is 0 Å². The van der Waals surface area contributed by atoms with Crippen molar-refractivity contribution in [2.45, 2.75) is 57.9 Å². The number of aromatic amines is 1. The van der Waals surface area contributed by atoms with Crippen LogP contribution in [-0.4, -0.2) is 32.5 Å². The highest BCUT2D eigenvalue weighted by atomic mass is 32.1. The molecule has 2 aromatic heterocycles. The Morgan fingerprint density at radius 2 is 2.26 bits per heavy atom. The molecule has 1 aliphatic heterocycles. The highest BCUT2D eigenvalue weighted by molar-refractivity contribution is 7.09. The highest BCUT2D eigenvalue weighted by Gasteiger charge is 2.31. The van der Waals surface area contributed by atoms with Crippen LogP contribution in [0.4, 0.5) is 0 Å². The van der Waals surface area contributed by atoms with E-state index in [4.69, 9.17) is 4.98 Å². The molecule has 6 heteroatoms. The zero-order valence-electron chi connectivity index (χ0n) is 14.0. The van der Waals surface area contributed by atoms with Gasteiger partial charge in [-0.1, -0.05) is 20.8 Å². The zero-order chi connectivity index (χ0) is 16.4. The fraction of sp³-hybridized carbons (Fsp3) is 0.588. The molecule has 3 rings (SSSR count). The summed E-state index contributed by atoms with van der Waals surface area (Å²) in [6, 6.07) is 1.98. The molecule has 1 saturated heterocycles. The van der Waals surface area contributed by atoms with Crippen LogP contribution >= 0.6 is 11.3 Å². The predicted octanol–water partition coefficient (Wildman–Crippen LogP) is 3.46. The van der Waals surface area contributed by atoms with Crippen molar-refractivity contribution in [3.05, 3.63) is 34.0 Å². The van der Waals surface area contributed by atoms with E-state index in [-0.39, 0.29) is 17.4 Å². The summed E-state index contributed by atoms with van der Waals surface area (Å²) in [6.07, 6.45) is 5.30. The van der Waals surface area contributed by atoms with Crippen LogP contribution in [0.3, 0.4) is 0 Å². The molecule has 23 heavy (non-hydrogen) atoms. The van der Waals surface area contributed by atoms with E-state index in [0.717, 1.165) is 42.2 Å². The second-order valence-corrected chi connectivity index (χ2v) is 8.07. The van der Waals surface area contributed by atoms with Crippen LogP contribution in [0.25, 0.3) is 0 Å². The van der Waals surface area contributed by atoms with Gasteiger partial charge in [-0.15, -0.1) is 11.3 Å². The topological polar surface area (TPSA) is 61.9 Å². The largest absolute Gasteiger partial charge is 0.333 e. The average molecular weight is 332 g/mol. The van der Waals surface area contributed by atoms with Gasteiger partial charge in [0.25, 0.3) is 0 Å². The third-order valence-electron chi connectivity index (χ3n) is 4.30. The Kier molecular flexibility index (Phi) is 4.53. The van der Waals surface area contributed by atoms with E-state index < -0.39 is 0 Å². The Morgan fingerprint density at radius 3 is 2.91 bits per heavy atom. The van der Waals surface area contributed by atoms with Gasteiger partial charge in [0.2, 0.25) is 5.91 Å². The molecule has 0 radical (unpaired) electrons. The maximum Gasteiger partial charge on any atom is 0.229 e. The first kappa shape index (κ1) is 16.2. The van der Waals surface area contributed by atoms with Crippen molar-refractivity contribution in [2.24, 2.45) is 0 Å². The van der Waals surface area contributed by atoms with E-state index in [9.17, 15) is 4.79 Å². The number of amides is 1. The number of likely N-dealkylation sites (tertiary alicyclic amines) is 1. The summed E-state index contributed by atoms with van der Waals surface area (Å²) < 4.78 is 0. The van der Waals surface area contributed by atoms with Crippen LogP contribution < -0.4 is 0 Å². The van der Waals surface area contributed by atoms with Gasteiger partial charge < -0.3 is 4.90 Å². The van der Waals surface area contributed by atoms with Gasteiger partial charge in [-0.25, -0.2) is 4.98 Å². The van der Waals surface area contributed by atoms with Crippen LogP contribution in [0.2, 0.25) is 0 Å². The first-order valence-electron chi connectivity index (χ1n) is 8.19. The molecule has 1 amide bonds. The Hall–Kier alpha value is -1.69. The second kappa shape index (κ2) is 6.43. The summed E-state index contributed by atoms with van der Waals surface area (Å²) in [7, 11) is 0. The molecule has 5 nitrogen and oxygen atoms in total. The van der Waals surface area contributed by atoms with Gasteiger partial charge in [0, 0.05) is 29.2 Å². The van der Waals surface area contributed by atoms with Gasteiger partial charge in [-0.2, -0.15) is 5.10 Å². The smallest absolute Gasteiger partial charge is 0.229 e. The van der Waals surface area contributed by atoms with Crippen LogP contribution in [0.5, 0.6) is 0 Å². The number of thiazole rings is 1. The number of H-pyrrole nitrogens is 1. The van der Waals surface area contributed by atoms with Gasteiger partial charge in [0.1, 0.15) is 5.01 Å². The molecule has 1 fully saturated rings. The maximum absolute atomic E-state index is 12.7. The number of hydrogen-bond donors (Lipinski definition) is 1. The van der Waals surface area contributed by atoms with E-state index in [1.807, 2.05) is 11.0 Å². The van der Waals surface area contributed by atoms with Crippen molar-refractivity contribution in [2.75, 3.05) is 6.54 Å². The van der Waals surface area contributed by atoms with E-state index in [1.54, 1.807) is 17.5 Å². The molecule has 0 aliphatic carbocycles. The summed E-state index contributed by atoms with van der Waals surface area (Å²) in [6.45, 7) is 7.34. The summed E-state index contributed by atoms with van der Waals surface area (Å²) >= 11 is 1.69. The van der Waals surface area contributed by atoms with Crippen LogP contribution in [0.15, 0.2) is 17.6 Å². The minimum absolute atomic E-state index is 0.0498. The molecular formula is C17H24N4OS.